The molecule has 0 spiro atoms. The molecule has 0 heterocycles. The summed E-state index contributed by atoms with van der Waals surface area (Å²) in [5.74, 6) is 1.03. The van der Waals surface area contributed by atoms with Crippen molar-refractivity contribution in [2.45, 2.75) is 25.4 Å². The molecule has 0 aliphatic rings. The van der Waals surface area contributed by atoms with Crippen molar-refractivity contribution in [1.82, 2.24) is 5.32 Å². The largest absolute Gasteiger partial charge is 0.497 e. The van der Waals surface area contributed by atoms with Crippen molar-refractivity contribution in [3.8, 4) is 11.5 Å². The lowest BCUT2D eigenvalue weighted by atomic mass is 9.96. The Morgan fingerprint density at radius 3 is 2.19 bits per heavy atom. The molecular formula is C20H22F3NO3. The molecule has 1 atom stereocenters. The first-order valence-electron chi connectivity index (χ1n) is 8.50. The number of hydrogen-bond acceptors (Lipinski definition) is 3. The zero-order valence-corrected chi connectivity index (χ0v) is 15.2. The van der Waals surface area contributed by atoms with Crippen molar-refractivity contribution < 1.29 is 27.4 Å². The summed E-state index contributed by atoms with van der Waals surface area (Å²) >= 11 is 0. The van der Waals surface area contributed by atoms with E-state index in [1.807, 2.05) is 0 Å². The van der Waals surface area contributed by atoms with Crippen LogP contribution in [0.4, 0.5) is 13.2 Å². The summed E-state index contributed by atoms with van der Waals surface area (Å²) in [5.41, 5.74) is -0.00813. The third-order valence-corrected chi connectivity index (χ3v) is 4.05. The van der Waals surface area contributed by atoms with E-state index in [0.29, 0.717) is 24.5 Å². The van der Waals surface area contributed by atoms with Gasteiger partial charge in [0.15, 0.2) is 0 Å². The summed E-state index contributed by atoms with van der Waals surface area (Å²) in [4.78, 5) is 12.0. The van der Waals surface area contributed by atoms with Gasteiger partial charge >= 0.3 is 6.18 Å². The van der Waals surface area contributed by atoms with E-state index in [4.69, 9.17) is 9.47 Å². The van der Waals surface area contributed by atoms with Crippen molar-refractivity contribution in [1.29, 1.82) is 0 Å². The Morgan fingerprint density at radius 2 is 1.63 bits per heavy atom. The van der Waals surface area contributed by atoms with Gasteiger partial charge in [-0.05, 0) is 47.9 Å². The molecule has 27 heavy (non-hydrogen) atoms. The van der Waals surface area contributed by atoms with Gasteiger partial charge in [0.1, 0.15) is 18.1 Å². The van der Waals surface area contributed by atoms with Gasteiger partial charge in [-0.15, -0.1) is 0 Å². The van der Waals surface area contributed by atoms with Gasteiger partial charge in [0.25, 0.3) is 0 Å². The van der Waals surface area contributed by atoms with Crippen LogP contribution in [0.2, 0.25) is 0 Å². The van der Waals surface area contributed by atoms with Crippen molar-refractivity contribution in [3.05, 3.63) is 59.7 Å². The van der Waals surface area contributed by atoms with Crippen LogP contribution in [-0.4, -0.2) is 26.2 Å². The van der Waals surface area contributed by atoms with E-state index in [9.17, 15) is 18.0 Å². The van der Waals surface area contributed by atoms with E-state index in [-0.39, 0.29) is 18.2 Å². The minimum absolute atomic E-state index is 0.180. The number of nitrogens with one attached hydrogen (secondary N) is 1. The van der Waals surface area contributed by atoms with E-state index in [0.717, 1.165) is 17.9 Å². The van der Waals surface area contributed by atoms with Gasteiger partial charge in [-0.1, -0.05) is 19.1 Å². The highest BCUT2D eigenvalue weighted by Gasteiger charge is 2.30. The van der Waals surface area contributed by atoms with Crippen LogP contribution in [0.25, 0.3) is 0 Å². The molecule has 0 radical (unpaired) electrons. The summed E-state index contributed by atoms with van der Waals surface area (Å²) in [6, 6.07) is 12.0. The summed E-state index contributed by atoms with van der Waals surface area (Å²) in [5, 5.41) is 2.74. The number of benzene rings is 2. The molecule has 0 aliphatic heterocycles. The highest BCUT2D eigenvalue weighted by atomic mass is 19.4. The molecular weight excluding hydrogens is 359 g/mol. The maximum absolute atomic E-state index is 12.6. The molecule has 2 aromatic carbocycles. The third kappa shape index (κ3) is 6.51. The van der Waals surface area contributed by atoms with Crippen LogP contribution in [0.3, 0.4) is 0 Å². The summed E-state index contributed by atoms with van der Waals surface area (Å²) in [7, 11) is 1.58. The molecule has 1 N–H and O–H groups in total. The fourth-order valence-corrected chi connectivity index (χ4v) is 2.50. The first-order valence-corrected chi connectivity index (χ1v) is 8.50. The first kappa shape index (κ1) is 20.6. The van der Waals surface area contributed by atoms with Crippen LogP contribution >= 0.6 is 0 Å². The number of carbonyl (C=O) groups is 1. The predicted octanol–water partition coefficient (Wildman–Crippen LogP) is 4.40. The fraction of sp³-hybridized carbons (Fsp3) is 0.350. The van der Waals surface area contributed by atoms with Crippen molar-refractivity contribution in [2.24, 2.45) is 0 Å². The van der Waals surface area contributed by atoms with Crippen LogP contribution in [-0.2, 0) is 11.0 Å². The van der Waals surface area contributed by atoms with Gasteiger partial charge in [0.05, 0.1) is 19.2 Å². The SMILES string of the molecule is COc1ccc(OCCNC(=O)CC(C)c2ccc(C(F)(F)F)cc2)cc1. The molecule has 4 nitrogen and oxygen atoms in total. The Labute approximate surface area is 156 Å². The van der Waals surface area contributed by atoms with Crippen LogP contribution in [0.1, 0.15) is 30.4 Å². The minimum atomic E-state index is -4.36. The quantitative estimate of drug-likeness (QED) is 0.690. The lowest BCUT2D eigenvalue weighted by Crippen LogP contribution is -2.28. The number of halogens is 3. The third-order valence-electron chi connectivity index (χ3n) is 4.05. The van der Waals surface area contributed by atoms with Crippen molar-refractivity contribution in [2.75, 3.05) is 20.3 Å². The summed E-state index contributed by atoms with van der Waals surface area (Å²) in [6.45, 7) is 2.45. The first-order chi connectivity index (χ1) is 12.8. The highest BCUT2D eigenvalue weighted by Crippen LogP contribution is 2.30. The van der Waals surface area contributed by atoms with Gasteiger partial charge < -0.3 is 14.8 Å². The van der Waals surface area contributed by atoms with Gasteiger partial charge in [0, 0.05) is 6.42 Å². The fourth-order valence-electron chi connectivity index (χ4n) is 2.50. The average Bonchev–Trinajstić information content (AvgIpc) is 2.65. The standard InChI is InChI=1S/C20H22F3NO3/c1-14(15-3-5-16(6-4-15)20(21,22)23)13-19(25)24-11-12-27-18-9-7-17(26-2)8-10-18/h3-10,14H,11-13H2,1-2H3,(H,24,25). The number of rotatable bonds is 8. The molecule has 2 rings (SSSR count). The van der Waals surface area contributed by atoms with E-state index in [2.05, 4.69) is 5.32 Å². The molecule has 1 unspecified atom stereocenters. The van der Waals surface area contributed by atoms with Crippen LogP contribution in [0.5, 0.6) is 11.5 Å². The van der Waals surface area contributed by atoms with Gasteiger partial charge in [-0.2, -0.15) is 13.2 Å². The molecule has 146 valence electrons. The van der Waals surface area contributed by atoms with Gasteiger partial charge in [-0.25, -0.2) is 0 Å². The molecule has 0 aromatic heterocycles. The summed E-state index contributed by atoms with van der Waals surface area (Å²) in [6.07, 6.45) is -4.17. The number of methoxy groups -OCH3 is 1. The molecule has 7 heteroatoms. The van der Waals surface area contributed by atoms with E-state index < -0.39 is 11.7 Å². The topological polar surface area (TPSA) is 47.6 Å². The minimum Gasteiger partial charge on any atom is -0.497 e. The Kier molecular flexibility index (Phi) is 7.10. The number of ether oxygens (including phenoxy) is 2. The second kappa shape index (κ2) is 9.30. The zero-order chi connectivity index (χ0) is 19.9. The zero-order valence-electron chi connectivity index (χ0n) is 15.2. The second-order valence-electron chi connectivity index (χ2n) is 6.10. The molecule has 0 saturated heterocycles. The maximum atomic E-state index is 12.6. The highest BCUT2D eigenvalue weighted by molar-refractivity contribution is 5.76. The Bertz CT molecular complexity index is 728. The lowest BCUT2D eigenvalue weighted by molar-refractivity contribution is -0.137. The number of carbonyl (C=O) groups excluding carboxylic acids is 1. The molecule has 2 aromatic rings. The van der Waals surface area contributed by atoms with E-state index in [1.54, 1.807) is 38.3 Å². The predicted molar refractivity (Wildman–Crippen MR) is 96.0 cm³/mol. The van der Waals surface area contributed by atoms with Crippen LogP contribution < -0.4 is 14.8 Å². The van der Waals surface area contributed by atoms with E-state index >= 15 is 0 Å². The maximum Gasteiger partial charge on any atom is 0.416 e. The molecule has 0 fully saturated rings. The molecule has 0 aliphatic carbocycles. The Morgan fingerprint density at radius 1 is 1.04 bits per heavy atom. The van der Waals surface area contributed by atoms with Gasteiger partial charge in [-0.3, -0.25) is 4.79 Å². The Balaban J connectivity index is 1.73. The van der Waals surface area contributed by atoms with Crippen molar-refractivity contribution >= 4 is 5.91 Å². The van der Waals surface area contributed by atoms with E-state index in [1.165, 1.54) is 12.1 Å². The molecule has 0 saturated carbocycles. The van der Waals surface area contributed by atoms with Crippen molar-refractivity contribution in [3.63, 3.8) is 0 Å². The van der Waals surface area contributed by atoms with Crippen LogP contribution in [0.15, 0.2) is 48.5 Å². The summed E-state index contributed by atoms with van der Waals surface area (Å²) < 4.78 is 48.3. The molecule has 0 bridgehead atoms. The lowest BCUT2D eigenvalue weighted by Gasteiger charge is -2.14. The number of alkyl halides is 3. The normalized spacial score (nSPS) is 12.3. The number of amides is 1. The van der Waals surface area contributed by atoms with Crippen LogP contribution in [0, 0.1) is 0 Å². The smallest absolute Gasteiger partial charge is 0.416 e. The number of hydrogen-bond donors (Lipinski definition) is 1. The average molecular weight is 381 g/mol. The molecule has 1 amide bonds. The van der Waals surface area contributed by atoms with Gasteiger partial charge in [0.2, 0.25) is 5.91 Å². The monoisotopic (exact) mass is 381 g/mol. The Hall–Kier alpha value is -2.70. The second-order valence-corrected chi connectivity index (χ2v) is 6.10.